The van der Waals surface area contributed by atoms with Gasteiger partial charge in [-0.15, -0.1) is 0 Å². The van der Waals surface area contributed by atoms with Gasteiger partial charge in [0.05, 0.1) is 4.90 Å². The maximum Gasteiger partial charge on any atom is 0.251 e. The second-order valence-corrected chi connectivity index (χ2v) is 6.28. The highest BCUT2D eigenvalue weighted by atomic mass is 32.2. The molecule has 116 valence electrons. The minimum Gasteiger partial charge on any atom is -0.508 e. The van der Waals surface area contributed by atoms with Gasteiger partial charge in [-0.25, -0.2) is 13.1 Å². The monoisotopic (exact) mass is 320 g/mol. The highest BCUT2D eigenvalue weighted by molar-refractivity contribution is 7.89. The predicted molar refractivity (Wildman–Crippen MR) is 82.1 cm³/mol. The normalized spacial score (nSPS) is 11.1. The standard InChI is InChI=1S/C15H16N2O4S/c18-13-6-4-5-12(11-13)15(19)16-9-10-17-22(20,21)14-7-2-1-3-8-14/h1-8,11,17-18H,9-10H2,(H,16,19). The Labute approximate surface area is 128 Å². The second kappa shape index (κ2) is 7.06. The summed E-state index contributed by atoms with van der Waals surface area (Å²) in [6.07, 6.45) is 0. The molecule has 22 heavy (non-hydrogen) atoms. The summed E-state index contributed by atoms with van der Waals surface area (Å²) in [7, 11) is -3.57. The van der Waals surface area contributed by atoms with Crippen molar-refractivity contribution in [2.24, 2.45) is 0 Å². The molecule has 0 aliphatic rings. The number of benzene rings is 2. The van der Waals surface area contributed by atoms with Gasteiger partial charge in [0.1, 0.15) is 5.75 Å². The van der Waals surface area contributed by atoms with Crippen molar-refractivity contribution in [3.05, 3.63) is 60.2 Å². The van der Waals surface area contributed by atoms with Crippen LogP contribution >= 0.6 is 0 Å². The van der Waals surface area contributed by atoms with E-state index in [0.717, 1.165) is 0 Å². The molecule has 3 N–H and O–H groups in total. The first-order valence-corrected chi connectivity index (χ1v) is 8.09. The van der Waals surface area contributed by atoms with E-state index in [2.05, 4.69) is 10.0 Å². The Morgan fingerprint density at radius 3 is 2.41 bits per heavy atom. The minimum absolute atomic E-state index is 0.00238. The topological polar surface area (TPSA) is 95.5 Å². The third kappa shape index (κ3) is 4.31. The molecule has 0 radical (unpaired) electrons. The highest BCUT2D eigenvalue weighted by Crippen LogP contribution is 2.10. The van der Waals surface area contributed by atoms with Crippen molar-refractivity contribution in [1.29, 1.82) is 0 Å². The molecule has 7 heteroatoms. The smallest absolute Gasteiger partial charge is 0.251 e. The maximum absolute atomic E-state index is 11.9. The summed E-state index contributed by atoms with van der Waals surface area (Å²) in [6, 6.07) is 13.9. The first kappa shape index (κ1) is 16.0. The average molecular weight is 320 g/mol. The number of sulfonamides is 1. The Morgan fingerprint density at radius 1 is 1.00 bits per heavy atom. The lowest BCUT2D eigenvalue weighted by Crippen LogP contribution is -2.34. The molecule has 0 fully saturated rings. The van der Waals surface area contributed by atoms with E-state index in [1.165, 1.54) is 24.3 Å². The SMILES string of the molecule is O=C(NCCNS(=O)(=O)c1ccccc1)c1cccc(O)c1. The van der Waals surface area contributed by atoms with Gasteiger partial charge in [-0.05, 0) is 30.3 Å². The van der Waals surface area contributed by atoms with Gasteiger partial charge in [-0.1, -0.05) is 24.3 Å². The number of amides is 1. The molecule has 0 unspecified atom stereocenters. The van der Waals surface area contributed by atoms with E-state index in [4.69, 9.17) is 0 Å². The van der Waals surface area contributed by atoms with E-state index >= 15 is 0 Å². The predicted octanol–water partition coefficient (Wildman–Crippen LogP) is 1.10. The molecule has 0 aliphatic carbocycles. The second-order valence-electron chi connectivity index (χ2n) is 4.52. The maximum atomic E-state index is 11.9. The van der Waals surface area contributed by atoms with Crippen molar-refractivity contribution in [1.82, 2.24) is 10.0 Å². The summed E-state index contributed by atoms with van der Waals surface area (Å²) >= 11 is 0. The van der Waals surface area contributed by atoms with Crippen molar-refractivity contribution in [3.63, 3.8) is 0 Å². The number of nitrogens with one attached hydrogen (secondary N) is 2. The van der Waals surface area contributed by atoms with Crippen LogP contribution in [0.15, 0.2) is 59.5 Å². The Morgan fingerprint density at radius 2 is 1.73 bits per heavy atom. The molecule has 0 saturated carbocycles. The summed E-state index contributed by atoms with van der Waals surface area (Å²) in [6.45, 7) is 0.211. The van der Waals surface area contributed by atoms with Gasteiger partial charge in [0.15, 0.2) is 0 Å². The zero-order valence-electron chi connectivity index (χ0n) is 11.7. The van der Waals surface area contributed by atoms with Crippen LogP contribution in [0.5, 0.6) is 5.75 Å². The molecule has 0 saturated heterocycles. The lowest BCUT2D eigenvalue weighted by atomic mass is 10.2. The van der Waals surface area contributed by atoms with E-state index in [1.807, 2.05) is 0 Å². The van der Waals surface area contributed by atoms with Crippen molar-refractivity contribution in [3.8, 4) is 5.75 Å². The van der Waals surface area contributed by atoms with Crippen molar-refractivity contribution in [2.45, 2.75) is 4.90 Å². The molecule has 0 atom stereocenters. The number of carbonyl (C=O) groups is 1. The number of hydrogen-bond donors (Lipinski definition) is 3. The van der Waals surface area contributed by atoms with Gasteiger partial charge in [0, 0.05) is 18.7 Å². The summed E-state index contributed by atoms with van der Waals surface area (Å²) in [5.41, 5.74) is 0.311. The summed E-state index contributed by atoms with van der Waals surface area (Å²) in [5, 5.41) is 11.9. The molecule has 2 aromatic carbocycles. The van der Waals surface area contributed by atoms with E-state index in [0.29, 0.717) is 5.56 Å². The Balaban J connectivity index is 1.83. The van der Waals surface area contributed by atoms with Gasteiger partial charge >= 0.3 is 0 Å². The van der Waals surface area contributed by atoms with Crippen molar-refractivity contribution < 1.29 is 18.3 Å². The minimum atomic E-state index is -3.57. The van der Waals surface area contributed by atoms with Crippen molar-refractivity contribution >= 4 is 15.9 Å². The number of phenolic OH excluding ortho intramolecular Hbond substituents is 1. The fourth-order valence-electron chi connectivity index (χ4n) is 1.79. The van der Waals surface area contributed by atoms with Crippen LogP contribution in [0.25, 0.3) is 0 Å². The largest absolute Gasteiger partial charge is 0.508 e. The van der Waals surface area contributed by atoms with Gasteiger partial charge in [-0.3, -0.25) is 4.79 Å². The zero-order chi connectivity index (χ0) is 16.0. The lowest BCUT2D eigenvalue weighted by Gasteiger charge is -2.08. The number of rotatable bonds is 6. The van der Waals surface area contributed by atoms with Crippen LogP contribution in [0.1, 0.15) is 10.4 Å². The van der Waals surface area contributed by atoms with E-state index < -0.39 is 10.0 Å². The molecule has 1 amide bonds. The third-order valence-corrected chi connectivity index (χ3v) is 4.34. The van der Waals surface area contributed by atoms with Crippen LogP contribution in [-0.4, -0.2) is 32.5 Å². The van der Waals surface area contributed by atoms with E-state index in [9.17, 15) is 18.3 Å². The van der Waals surface area contributed by atoms with Crippen LogP contribution in [-0.2, 0) is 10.0 Å². The van der Waals surface area contributed by atoms with Crippen LogP contribution < -0.4 is 10.0 Å². The molecule has 0 spiro atoms. The van der Waals surface area contributed by atoms with Crippen molar-refractivity contribution in [2.75, 3.05) is 13.1 Å². The van der Waals surface area contributed by atoms with Gasteiger partial charge in [0.25, 0.3) is 5.91 Å². The fraction of sp³-hybridized carbons (Fsp3) is 0.133. The summed E-state index contributed by atoms with van der Waals surface area (Å²) in [5.74, 6) is -0.382. The average Bonchev–Trinajstić information content (AvgIpc) is 2.52. The molecule has 0 aromatic heterocycles. The van der Waals surface area contributed by atoms with Gasteiger partial charge < -0.3 is 10.4 Å². The molecule has 6 nitrogen and oxygen atoms in total. The molecular formula is C15H16N2O4S. The molecule has 0 aliphatic heterocycles. The first-order valence-electron chi connectivity index (χ1n) is 6.61. The summed E-state index contributed by atoms with van der Waals surface area (Å²) < 4.78 is 26.3. The Kier molecular flexibility index (Phi) is 5.13. The fourth-order valence-corrected chi connectivity index (χ4v) is 2.85. The molecule has 0 heterocycles. The molecule has 2 rings (SSSR count). The number of phenols is 1. The quantitative estimate of drug-likeness (QED) is 0.695. The Hall–Kier alpha value is -2.38. The third-order valence-electron chi connectivity index (χ3n) is 2.86. The first-order chi connectivity index (χ1) is 10.5. The van der Waals surface area contributed by atoms with Crippen LogP contribution in [0, 0.1) is 0 Å². The number of hydrogen-bond acceptors (Lipinski definition) is 4. The highest BCUT2D eigenvalue weighted by Gasteiger charge is 2.12. The zero-order valence-corrected chi connectivity index (χ0v) is 12.5. The van der Waals surface area contributed by atoms with Crippen LogP contribution in [0.4, 0.5) is 0 Å². The van der Waals surface area contributed by atoms with Gasteiger partial charge in [0.2, 0.25) is 10.0 Å². The Bertz CT molecular complexity index is 745. The molecule has 0 bridgehead atoms. The molecule has 2 aromatic rings. The van der Waals surface area contributed by atoms with E-state index in [1.54, 1.807) is 30.3 Å². The lowest BCUT2D eigenvalue weighted by molar-refractivity contribution is 0.0954. The van der Waals surface area contributed by atoms with Crippen LogP contribution in [0.3, 0.4) is 0 Å². The summed E-state index contributed by atoms with van der Waals surface area (Å²) in [4.78, 5) is 12.0. The van der Waals surface area contributed by atoms with Gasteiger partial charge in [-0.2, -0.15) is 0 Å². The van der Waals surface area contributed by atoms with E-state index in [-0.39, 0.29) is 29.6 Å². The number of carbonyl (C=O) groups excluding carboxylic acids is 1. The number of aromatic hydroxyl groups is 1. The van der Waals surface area contributed by atoms with Crippen LogP contribution in [0.2, 0.25) is 0 Å². The molecular weight excluding hydrogens is 304 g/mol.